The van der Waals surface area contributed by atoms with Gasteiger partial charge in [0.2, 0.25) is 0 Å². The summed E-state index contributed by atoms with van der Waals surface area (Å²) in [5, 5.41) is 12.2. The summed E-state index contributed by atoms with van der Waals surface area (Å²) in [4.78, 5) is 4.14. The molecule has 1 aromatic heterocycles. The highest BCUT2D eigenvalue weighted by molar-refractivity contribution is 7.09. The van der Waals surface area contributed by atoms with E-state index in [0.29, 0.717) is 11.8 Å². The molecular weight excluding hydrogens is 306 g/mol. The van der Waals surface area contributed by atoms with E-state index in [9.17, 15) is 5.11 Å². The molecule has 2 aromatic rings. The van der Waals surface area contributed by atoms with Crippen LogP contribution in [0.1, 0.15) is 35.8 Å². The van der Waals surface area contributed by atoms with Crippen LogP contribution in [0.3, 0.4) is 0 Å². The topological polar surface area (TPSA) is 55.0 Å². The van der Waals surface area contributed by atoms with Crippen LogP contribution in [-0.4, -0.2) is 34.6 Å². The van der Waals surface area contributed by atoms with Gasteiger partial charge >= 0.3 is 0 Å². The van der Waals surface area contributed by atoms with Crippen LogP contribution < -0.4 is 0 Å². The number of benzene rings is 1. The summed E-state index contributed by atoms with van der Waals surface area (Å²) in [5.74, 6) is 0.483. The summed E-state index contributed by atoms with van der Waals surface area (Å²) in [6.07, 6.45) is 5.60. The molecule has 4 heteroatoms. The molecule has 1 aromatic carbocycles. The van der Waals surface area contributed by atoms with Crippen LogP contribution in [0.25, 0.3) is 0 Å². The average molecular weight is 333 g/mol. The van der Waals surface area contributed by atoms with Crippen LogP contribution in [0, 0.1) is 0 Å². The molecule has 1 heterocycles. The molecule has 0 unspecified atom stereocenters. The van der Waals surface area contributed by atoms with Crippen LogP contribution in [0.2, 0.25) is 0 Å². The summed E-state index contributed by atoms with van der Waals surface area (Å²) in [7, 11) is 0. The van der Waals surface area contributed by atoms with Crippen LogP contribution in [-0.2, 0) is 19.3 Å². The highest BCUT2D eigenvalue weighted by atomic mass is 32.1. The lowest BCUT2D eigenvalue weighted by Gasteiger charge is -2.35. The molecule has 3 nitrogen and oxygen atoms in total. The minimum atomic E-state index is 0. The van der Waals surface area contributed by atoms with Gasteiger partial charge in [-0.25, -0.2) is 0 Å². The molecule has 0 bridgehead atoms. The van der Waals surface area contributed by atoms with E-state index in [0.717, 1.165) is 32.2 Å². The third-order valence-electron chi connectivity index (χ3n) is 4.68. The fraction of sp³-hybridized carbons (Fsp3) is 0.474. The van der Waals surface area contributed by atoms with Crippen molar-refractivity contribution in [2.75, 3.05) is 13.1 Å². The van der Waals surface area contributed by atoms with E-state index >= 15 is 0 Å². The van der Waals surface area contributed by atoms with Gasteiger partial charge in [-0.1, -0.05) is 25.1 Å². The molecule has 126 valence electrons. The Kier molecular flexibility index (Phi) is 6.63. The third kappa shape index (κ3) is 4.34. The molecule has 0 spiro atoms. The van der Waals surface area contributed by atoms with Crippen LogP contribution in [0.5, 0.6) is 5.75 Å². The van der Waals surface area contributed by atoms with E-state index in [2.05, 4.69) is 35.4 Å². The van der Waals surface area contributed by atoms with Gasteiger partial charge in [0.15, 0.2) is 0 Å². The van der Waals surface area contributed by atoms with E-state index in [-0.39, 0.29) is 5.48 Å². The molecule has 0 fully saturated rings. The number of thiophene rings is 1. The fourth-order valence-electron chi connectivity index (χ4n) is 3.55. The predicted molar refractivity (Wildman–Crippen MR) is 97.4 cm³/mol. The van der Waals surface area contributed by atoms with Gasteiger partial charge in [0.05, 0.1) is 0 Å². The molecule has 1 atom stereocenters. The first-order chi connectivity index (χ1) is 10.8. The molecule has 0 saturated carbocycles. The quantitative estimate of drug-likeness (QED) is 0.880. The number of hydrogen-bond donors (Lipinski definition) is 1. The van der Waals surface area contributed by atoms with E-state index < -0.39 is 0 Å². The number of phenolic OH excluding ortho intramolecular Hbond substituents is 1. The molecule has 0 saturated heterocycles. The minimum Gasteiger partial charge on any atom is -0.508 e. The number of phenols is 1. The maximum Gasteiger partial charge on any atom is 0.119 e. The Labute approximate surface area is 142 Å². The monoisotopic (exact) mass is 333 g/mol. The summed E-state index contributed by atoms with van der Waals surface area (Å²) < 4.78 is 0. The lowest BCUT2D eigenvalue weighted by Crippen LogP contribution is -2.41. The van der Waals surface area contributed by atoms with E-state index in [1.165, 1.54) is 29.0 Å². The number of rotatable bonds is 6. The Bertz CT molecular complexity index is 597. The number of nitrogens with zero attached hydrogens (tertiary/aromatic N) is 1. The Morgan fingerprint density at radius 2 is 2.09 bits per heavy atom. The molecule has 0 radical (unpaired) electrons. The van der Waals surface area contributed by atoms with Crippen LogP contribution in [0.4, 0.5) is 0 Å². The molecule has 1 aliphatic carbocycles. The number of fused-ring (bicyclic) bond motifs is 1. The zero-order chi connectivity index (χ0) is 15.4. The van der Waals surface area contributed by atoms with Crippen molar-refractivity contribution < 1.29 is 10.6 Å². The second kappa shape index (κ2) is 8.48. The van der Waals surface area contributed by atoms with Gasteiger partial charge in [0, 0.05) is 17.5 Å². The van der Waals surface area contributed by atoms with Crippen molar-refractivity contribution in [1.82, 2.24) is 4.90 Å². The zero-order valence-corrected chi connectivity index (χ0v) is 14.6. The number of hydrogen-bond acceptors (Lipinski definition) is 3. The summed E-state index contributed by atoms with van der Waals surface area (Å²) in [6.45, 7) is 4.58. The second-order valence-corrected chi connectivity index (χ2v) is 7.21. The Hall–Kier alpha value is -1.36. The Balaban J connectivity index is 0.00000192. The van der Waals surface area contributed by atoms with Crippen LogP contribution >= 0.6 is 11.3 Å². The zero-order valence-electron chi connectivity index (χ0n) is 13.8. The average Bonchev–Trinajstić information content (AvgIpc) is 3.05. The molecule has 0 aliphatic heterocycles. The molecule has 23 heavy (non-hydrogen) atoms. The van der Waals surface area contributed by atoms with Crippen molar-refractivity contribution in [3.05, 3.63) is 51.7 Å². The predicted octanol–water partition coefficient (Wildman–Crippen LogP) is 3.44. The van der Waals surface area contributed by atoms with Gasteiger partial charge in [-0.3, -0.25) is 4.90 Å². The first-order valence-electron chi connectivity index (χ1n) is 8.34. The Morgan fingerprint density at radius 1 is 1.22 bits per heavy atom. The normalized spacial score (nSPS) is 16.9. The van der Waals surface area contributed by atoms with Crippen LogP contribution in [0.15, 0.2) is 35.7 Å². The van der Waals surface area contributed by atoms with Gasteiger partial charge in [-0.05, 0) is 67.3 Å². The van der Waals surface area contributed by atoms with Gasteiger partial charge in [-0.2, -0.15) is 0 Å². The van der Waals surface area contributed by atoms with Crippen molar-refractivity contribution >= 4 is 11.3 Å². The molecule has 0 amide bonds. The lowest BCUT2D eigenvalue weighted by atomic mass is 9.86. The van der Waals surface area contributed by atoms with E-state index in [1.54, 1.807) is 0 Å². The molecule has 3 N–H and O–H groups in total. The fourth-order valence-corrected chi connectivity index (χ4v) is 4.25. The first kappa shape index (κ1) is 18.0. The standard InChI is InChI=1S/C19H25NOS.H2O/c1-2-11-20(12-10-17-6-4-13-22-17)16-8-9-18-15(14-16)5-3-7-19(18)21;/h3-7,13,16,21H,2,8-12,14H2,1H3;1H2/t16-;/m0./s1. The number of aromatic hydroxyl groups is 1. The van der Waals surface area contributed by atoms with E-state index in [1.807, 2.05) is 23.5 Å². The summed E-state index contributed by atoms with van der Waals surface area (Å²) in [5.41, 5.74) is 2.52. The molecular formula is C19H27NO2S. The van der Waals surface area contributed by atoms with E-state index in [4.69, 9.17) is 0 Å². The van der Waals surface area contributed by atoms with Crippen molar-refractivity contribution in [2.45, 2.75) is 45.1 Å². The summed E-state index contributed by atoms with van der Waals surface area (Å²) in [6, 6.07) is 11.0. The maximum atomic E-state index is 10.0. The highest BCUT2D eigenvalue weighted by Crippen LogP contribution is 2.30. The molecule has 1 aliphatic rings. The first-order valence-corrected chi connectivity index (χ1v) is 9.22. The van der Waals surface area contributed by atoms with Gasteiger partial charge in [0.25, 0.3) is 0 Å². The maximum absolute atomic E-state index is 10.0. The molecule has 3 rings (SSSR count). The minimum absolute atomic E-state index is 0. The van der Waals surface area contributed by atoms with Crippen molar-refractivity contribution in [3.8, 4) is 5.75 Å². The van der Waals surface area contributed by atoms with Crippen molar-refractivity contribution in [2.24, 2.45) is 0 Å². The highest BCUT2D eigenvalue weighted by Gasteiger charge is 2.25. The van der Waals surface area contributed by atoms with Gasteiger partial charge in [0.1, 0.15) is 5.75 Å². The van der Waals surface area contributed by atoms with Gasteiger partial charge in [-0.15, -0.1) is 11.3 Å². The van der Waals surface area contributed by atoms with Crippen molar-refractivity contribution in [1.29, 1.82) is 0 Å². The smallest absolute Gasteiger partial charge is 0.119 e. The Morgan fingerprint density at radius 3 is 2.83 bits per heavy atom. The second-order valence-electron chi connectivity index (χ2n) is 6.18. The summed E-state index contributed by atoms with van der Waals surface area (Å²) >= 11 is 1.86. The third-order valence-corrected chi connectivity index (χ3v) is 5.62. The van der Waals surface area contributed by atoms with Gasteiger partial charge < -0.3 is 10.6 Å². The SMILES string of the molecule is CCCN(CCc1cccs1)[C@H]1CCc2c(O)cccc2C1.O. The lowest BCUT2D eigenvalue weighted by molar-refractivity contribution is 0.181. The largest absolute Gasteiger partial charge is 0.508 e. The van der Waals surface area contributed by atoms with Crippen molar-refractivity contribution in [3.63, 3.8) is 0 Å².